The summed E-state index contributed by atoms with van der Waals surface area (Å²) in [4.78, 5) is 11.5. The van der Waals surface area contributed by atoms with Crippen molar-refractivity contribution in [3.63, 3.8) is 0 Å². The van der Waals surface area contributed by atoms with Gasteiger partial charge >= 0.3 is 5.97 Å². The van der Waals surface area contributed by atoms with Gasteiger partial charge in [0.25, 0.3) is 0 Å². The zero-order valence-corrected chi connectivity index (χ0v) is 11.9. The van der Waals surface area contributed by atoms with E-state index in [1.165, 1.54) is 0 Å². The third-order valence-electron chi connectivity index (χ3n) is 3.55. The number of benzene rings is 1. The molecule has 0 amide bonds. The fraction of sp³-hybridized carbons (Fsp3) is 0.375. The van der Waals surface area contributed by atoms with E-state index < -0.39 is 11.4 Å². The Labute approximate surface area is 119 Å². The van der Waals surface area contributed by atoms with Gasteiger partial charge in [0.05, 0.1) is 16.8 Å². The van der Waals surface area contributed by atoms with Crippen molar-refractivity contribution in [3.05, 3.63) is 48.3 Å². The summed E-state index contributed by atoms with van der Waals surface area (Å²) < 4.78 is 1.78. The second-order valence-corrected chi connectivity index (χ2v) is 5.38. The highest BCUT2D eigenvalue weighted by Gasteiger charge is 2.33. The minimum absolute atomic E-state index is 0.454. The van der Waals surface area contributed by atoms with Gasteiger partial charge in [-0.3, -0.25) is 4.79 Å². The van der Waals surface area contributed by atoms with Gasteiger partial charge in [0.15, 0.2) is 0 Å². The lowest BCUT2D eigenvalue weighted by molar-refractivity contribution is -0.148. The highest BCUT2D eigenvalue weighted by Crippen LogP contribution is 2.28. The van der Waals surface area contributed by atoms with Crippen LogP contribution in [0.2, 0.25) is 0 Å². The van der Waals surface area contributed by atoms with E-state index >= 15 is 0 Å². The first-order chi connectivity index (χ1) is 9.55. The molecule has 0 fully saturated rings. The minimum atomic E-state index is -0.756. The summed E-state index contributed by atoms with van der Waals surface area (Å²) in [5, 5.41) is 13.9. The molecule has 0 spiro atoms. The molecule has 1 atom stereocenters. The smallest absolute Gasteiger partial charge is 0.309 e. The monoisotopic (exact) mass is 272 g/mol. The number of para-hydroxylation sites is 1. The molecule has 0 aliphatic rings. The van der Waals surface area contributed by atoms with Crippen molar-refractivity contribution < 1.29 is 9.90 Å². The van der Waals surface area contributed by atoms with Crippen molar-refractivity contribution >= 4 is 5.97 Å². The molecule has 4 nitrogen and oxygen atoms in total. The third-order valence-corrected chi connectivity index (χ3v) is 3.55. The topological polar surface area (TPSA) is 55.1 Å². The van der Waals surface area contributed by atoms with E-state index in [-0.39, 0.29) is 0 Å². The normalized spacial score (nSPS) is 13.9. The van der Waals surface area contributed by atoms with E-state index in [2.05, 4.69) is 5.10 Å². The number of carboxylic acids is 1. The SMILES string of the molecule is CCCC(C)(Cc1ccn(-c2ccccc2)n1)C(=O)O. The molecule has 2 rings (SSSR count). The fourth-order valence-corrected chi connectivity index (χ4v) is 2.40. The van der Waals surface area contributed by atoms with E-state index in [1.807, 2.05) is 49.5 Å². The molecule has 0 radical (unpaired) electrons. The Morgan fingerprint density at radius 1 is 1.30 bits per heavy atom. The van der Waals surface area contributed by atoms with E-state index in [1.54, 1.807) is 11.6 Å². The number of rotatable bonds is 6. The average molecular weight is 272 g/mol. The highest BCUT2D eigenvalue weighted by atomic mass is 16.4. The molecule has 0 aliphatic heterocycles. The van der Waals surface area contributed by atoms with Crippen LogP contribution in [0.25, 0.3) is 5.69 Å². The maximum Gasteiger partial charge on any atom is 0.309 e. The van der Waals surface area contributed by atoms with Crippen molar-refractivity contribution in [1.82, 2.24) is 9.78 Å². The van der Waals surface area contributed by atoms with Crippen LogP contribution in [-0.2, 0) is 11.2 Å². The van der Waals surface area contributed by atoms with Crippen LogP contribution in [0.15, 0.2) is 42.6 Å². The first-order valence-electron chi connectivity index (χ1n) is 6.88. The van der Waals surface area contributed by atoms with Crippen molar-refractivity contribution in [2.45, 2.75) is 33.1 Å². The van der Waals surface area contributed by atoms with Gasteiger partial charge in [0.1, 0.15) is 0 Å². The van der Waals surface area contributed by atoms with Gasteiger partial charge in [-0.05, 0) is 31.5 Å². The third kappa shape index (κ3) is 3.07. The number of aliphatic carboxylic acids is 1. The lowest BCUT2D eigenvalue weighted by Gasteiger charge is -2.22. The molecule has 0 aliphatic carbocycles. The van der Waals surface area contributed by atoms with Crippen molar-refractivity contribution in [3.8, 4) is 5.69 Å². The Bertz CT molecular complexity index is 577. The molecule has 0 bridgehead atoms. The maximum atomic E-state index is 11.5. The predicted octanol–water partition coefficient (Wildman–Crippen LogP) is 3.31. The molecule has 1 unspecified atom stereocenters. The summed E-state index contributed by atoms with van der Waals surface area (Å²) in [5.74, 6) is -0.756. The average Bonchev–Trinajstić information content (AvgIpc) is 2.88. The number of hydrogen-bond donors (Lipinski definition) is 1. The number of hydrogen-bond acceptors (Lipinski definition) is 2. The number of nitrogens with zero attached hydrogens (tertiary/aromatic N) is 2. The van der Waals surface area contributed by atoms with E-state index in [0.29, 0.717) is 12.8 Å². The van der Waals surface area contributed by atoms with Crippen LogP contribution in [-0.4, -0.2) is 20.9 Å². The second kappa shape index (κ2) is 5.90. The summed E-state index contributed by atoms with van der Waals surface area (Å²) in [7, 11) is 0. The Morgan fingerprint density at radius 2 is 2.00 bits per heavy atom. The van der Waals surface area contributed by atoms with Crippen LogP contribution in [0.1, 0.15) is 32.4 Å². The quantitative estimate of drug-likeness (QED) is 0.877. The number of carbonyl (C=O) groups is 1. The summed E-state index contributed by atoms with van der Waals surface area (Å²) in [6.07, 6.45) is 3.83. The van der Waals surface area contributed by atoms with Crippen LogP contribution in [0, 0.1) is 5.41 Å². The molecular formula is C16H20N2O2. The van der Waals surface area contributed by atoms with Crippen molar-refractivity contribution in [2.24, 2.45) is 5.41 Å². The standard InChI is InChI=1S/C16H20N2O2/c1-3-10-16(2,15(19)20)12-13-9-11-18(17-13)14-7-5-4-6-8-14/h4-9,11H,3,10,12H2,1-2H3,(H,19,20). The van der Waals surface area contributed by atoms with Gasteiger partial charge < -0.3 is 5.11 Å². The summed E-state index contributed by atoms with van der Waals surface area (Å²) in [5.41, 5.74) is 1.04. The van der Waals surface area contributed by atoms with E-state index in [9.17, 15) is 9.90 Å². The van der Waals surface area contributed by atoms with Crippen LogP contribution in [0.4, 0.5) is 0 Å². The van der Waals surface area contributed by atoms with E-state index in [4.69, 9.17) is 0 Å². The van der Waals surface area contributed by atoms with Crippen LogP contribution in [0.5, 0.6) is 0 Å². The van der Waals surface area contributed by atoms with Gasteiger partial charge in [-0.15, -0.1) is 0 Å². The fourth-order valence-electron chi connectivity index (χ4n) is 2.40. The van der Waals surface area contributed by atoms with Crippen LogP contribution < -0.4 is 0 Å². The zero-order chi connectivity index (χ0) is 14.6. The Hall–Kier alpha value is -2.10. The number of carboxylic acid groups (broad SMARTS) is 1. The lowest BCUT2D eigenvalue weighted by Crippen LogP contribution is -2.30. The van der Waals surface area contributed by atoms with Gasteiger partial charge in [-0.25, -0.2) is 4.68 Å². The van der Waals surface area contributed by atoms with E-state index in [0.717, 1.165) is 17.8 Å². The van der Waals surface area contributed by atoms with Gasteiger partial charge in [-0.1, -0.05) is 31.5 Å². The first-order valence-corrected chi connectivity index (χ1v) is 6.88. The molecule has 0 saturated carbocycles. The van der Waals surface area contributed by atoms with Gasteiger partial charge in [0.2, 0.25) is 0 Å². The predicted molar refractivity (Wildman–Crippen MR) is 77.9 cm³/mol. The summed E-state index contributed by atoms with van der Waals surface area (Å²) >= 11 is 0. The molecule has 4 heteroatoms. The molecule has 1 N–H and O–H groups in total. The number of aromatic nitrogens is 2. The largest absolute Gasteiger partial charge is 0.481 e. The minimum Gasteiger partial charge on any atom is -0.481 e. The molecule has 106 valence electrons. The molecule has 0 saturated heterocycles. The highest BCUT2D eigenvalue weighted by molar-refractivity contribution is 5.74. The molecule has 1 aromatic heterocycles. The zero-order valence-electron chi connectivity index (χ0n) is 11.9. The first kappa shape index (κ1) is 14.3. The van der Waals surface area contributed by atoms with Crippen molar-refractivity contribution in [2.75, 3.05) is 0 Å². The Morgan fingerprint density at radius 3 is 2.60 bits per heavy atom. The molecular weight excluding hydrogens is 252 g/mol. The lowest BCUT2D eigenvalue weighted by atomic mass is 9.81. The molecule has 1 aromatic carbocycles. The van der Waals surface area contributed by atoms with Gasteiger partial charge in [0, 0.05) is 12.6 Å². The molecule has 20 heavy (non-hydrogen) atoms. The van der Waals surface area contributed by atoms with Crippen LogP contribution >= 0.6 is 0 Å². The Kier molecular flexibility index (Phi) is 4.23. The summed E-state index contributed by atoms with van der Waals surface area (Å²) in [6.45, 7) is 3.80. The van der Waals surface area contributed by atoms with Gasteiger partial charge in [-0.2, -0.15) is 5.10 Å². The Balaban J connectivity index is 2.19. The molecule has 1 heterocycles. The second-order valence-electron chi connectivity index (χ2n) is 5.38. The van der Waals surface area contributed by atoms with Crippen LogP contribution in [0.3, 0.4) is 0 Å². The molecule has 2 aromatic rings. The maximum absolute atomic E-state index is 11.5. The summed E-state index contributed by atoms with van der Waals surface area (Å²) in [6, 6.07) is 11.7. The van der Waals surface area contributed by atoms with Crippen molar-refractivity contribution in [1.29, 1.82) is 0 Å².